The molecule has 1 N–H and O–H groups in total. The van der Waals surface area contributed by atoms with E-state index < -0.39 is 0 Å². The van der Waals surface area contributed by atoms with Crippen LogP contribution in [-0.2, 0) is 0 Å². The lowest BCUT2D eigenvalue weighted by molar-refractivity contribution is 0.498. The molecule has 3 nitrogen and oxygen atoms in total. The normalized spacial score (nSPS) is 18.5. The SMILES string of the molecule is Cc1ccc(C)n1C1C=C(I)N(c2ccc(F)cc2)N1. The third-order valence-electron chi connectivity index (χ3n) is 3.46. The maximum absolute atomic E-state index is 13.0. The second kappa shape index (κ2) is 5.21. The van der Waals surface area contributed by atoms with E-state index in [1.165, 1.54) is 23.5 Å². The van der Waals surface area contributed by atoms with Crippen molar-refractivity contribution in [3.8, 4) is 0 Å². The largest absolute Gasteiger partial charge is 0.328 e. The molecule has 0 saturated carbocycles. The van der Waals surface area contributed by atoms with Gasteiger partial charge in [-0.05, 0) is 78.9 Å². The van der Waals surface area contributed by atoms with Crippen molar-refractivity contribution < 1.29 is 4.39 Å². The summed E-state index contributed by atoms with van der Waals surface area (Å²) in [6.07, 6.45) is 2.24. The van der Waals surface area contributed by atoms with Crippen molar-refractivity contribution >= 4 is 28.3 Å². The molecule has 1 atom stereocenters. The van der Waals surface area contributed by atoms with Crippen LogP contribution >= 0.6 is 22.6 Å². The highest BCUT2D eigenvalue weighted by molar-refractivity contribution is 14.1. The van der Waals surface area contributed by atoms with Crippen LogP contribution in [-0.4, -0.2) is 4.57 Å². The minimum atomic E-state index is -0.222. The highest BCUT2D eigenvalue weighted by Crippen LogP contribution is 2.31. The van der Waals surface area contributed by atoms with Gasteiger partial charge in [-0.3, -0.25) is 5.01 Å². The van der Waals surface area contributed by atoms with Crippen LogP contribution in [0.5, 0.6) is 0 Å². The summed E-state index contributed by atoms with van der Waals surface area (Å²) in [5.74, 6) is -0.222. The molecule has 3 rings (SSSR count). The number of hydrogen-bond donors (Lipinski definition) is 1. The number of nitrogens with zero attached hydrogens (tertiary/aromatic N) is 2. The third-order valence-corrected chi connectivity index (χ3v) is 4.30. The number of aromatic nitrogens is 1. The van der Waals surface area contributed by atoms with Crippen LogP contribution in [0.3, 0.4) is 0 Å². The van der Waals surface area contributed by atoms with Gasteiger partial charge in [-0.2, -0.15) is 0 Å². The Balaban J connectivity index is 1.89. The number of benzene rings is 1. The topological polar surface area (TPSA) is 20.2 Å². The summed E-state index contributed by atoms with van der Waals surface area (Å²) in [5.41, 5.74) is 6.78. The number of rotatable bonds is 2. The highest BCUT2D eigenvalue weighted by Gasteiger charge is 2.24. The van der Waals surface area contributed by atoms with E-state index in [4.69, 9.17) is 0 Å². The molecule has 5 heteroatoms. The lowest BCUT2D eigenvalue weighted by atomic mass is 10.3. The molecule has 2 heterocycles. The van der Waals surface area contributed by atoms with Crippen LogP contribution in [0.15, 0.2) is 46.2 Å². The quantitative estimate of drug-likeness (QED) is 0.624. The Hall–Kier alpha value is -1.34. The Morgan fingerprint density at radius 3 is 2.25 bits per heavy atom. The molecule has 0 aliphatic carbocycles. The molecular formula is C15H15FIN3. The van der Waals surface area contributed by atoms with E-state index >= 15 is 0 Å². The Kier molecular flexibility index (Phi) is 3.55. The second-order valence-electron chi connectivity index (χ2n) is 4.86. The van der Waals surface area contributed by atoms with Crippen molar-refractivity contribution in [3.05, 3.63) is 63.4 Å². The van der Waals surface area contributed by atoms with E-state index in [1.807, 2.05) is 5.01 Å². The number of hydrazine groups is 1. The van der Waals surface area contributed by atoms with Gasteiger partial charge in [0.2, 0.25) is 0 Å². The van der Waals surface area contributed by atoms with Crippen molar-refractivity contribution in [2.45, 2.75) is 20.0 Å². The van der Waals surface area contributed by atoms with Crippen molar-refractivity contribution in [2.24, 2.45) is 0 Å². The average Bonchev–Trinajstić information content (AvgIpc) is 2.94. The van der Waals surface area contributed by atoms with Crippen LogP contribution in [0, 0.1) is 19.7 Å². The molecule has 0 fully saturated rings. The van der Waals surface area contributed by atoms with Crippen LogP contribution < -0.4 is 10.4 Å². The second-order valence-corrected chi connectivity index (χ2v) is 5.97. The van der Waals surface area contributed by atoms with Crippen molar-refractivity contribution in [1.82, 2.24) is 9.99 Å². The molecule has 0 amide bonds. The van der Waals surface area contributed by atoms with Gasteiger partial charge in [0.1, 0.15) is 12.0 Å². The monoisotopic (exact) mass is 383 g/mol. The number of aryl methyl sites for hydroxylation is 2. The molecule has 20 heavy (non-hydrogen) atoms. The highest BCUT2D eigenvalue weighted by atomic mass is 127. The van der Waals surface area contributed by atoms with Crippen molar-refractivity contribution in [2.75, 3.05) is 5.01 Å². The molecule has 1 unspecified atom stereocenters. The lowest BCUT2D eigenvalue weighted by Gasteiger charge is -2.23. The first-order chi connectivity index (χ1) is 9.56. The van der Waals surface area contributed by atoms with Gasteiger partial charge in [0.25, 0.3) is 0 Å². The maximum Gasteiger partial charge on any atom is 0.123 e. The van der Waals surface area contributed by atoms with Gasteiger partial charge >= 0.3 is 0 Å². The first-order valence-corrected chi connectivity index (χ1v) is 7.48. The summed E-state index contributed by atoms with van der Waals surface area (Å²) in [6.45, 7) is 4.19. The van der Waals surface area contributed by atoms with E-state index in [1.54, 1.807) is 12.1 Å². The zero-order valence-electron chi connectivity index (χ0n) is 11.3. The lowest BCUT2D eigenvalue weighted by Crippen LogP contribution is -2.35. The molecule has 2 aromatic rings. The predicted molar refractivity (Wildman–Crippen MR) is 87.1 cm³/mol. The minimum absolute atomic E-state index is 0.0851. The molecule has 0 saturated heterocycles. The van der Waals surface area contributed by atoms with Gasteiger partial charge in [-0.1, -0.05) is 0 Å². The van der Waals surface area contributed by atoms with Crippen LogP contribution in [0.1, 0.15) is 17.6 Å². The molecular weight excluding hydrogens is 368 g/mol. The Morgan fingerprint density at radius 1 is 1.05 bits per heavy atom. The zero-order chi connectivity index (χ0) is 14.3. The van der Waals surface area contributed by atoms with Gasteiger partial charge in [-0.15, -0.1) is 0 Å². The smallest absolute Gasteiger partial charge is 0.123 e. The standard InChI is InChI=1S/C15H15FIN3/c1-10-3-4-11(2)19(10)15-9-14(17)20(18-15)13-7-5-12(16)6-8-13/h3-9,15,18H,1-2H3. The molecule has 1 aromatic heterocycles. The van der Waals surface area contributed by atoms with E-state index in [-0.39, 0.29) is 12.0 Å². The summed E-state index contributed by atoms with van der Waals surface area (Å²) in [5, 5.41) is 1.98. The summed E-state index contributed by atoms with van der Waals surface area (Å²) >= 11 is 2.29. The molecule has 1 aromatic carbocycles. The Bertz CT molecular complexity index is 641. The van der Waals surface area contributed by atoms with E-state index in [9.17, 15) is 4.39 Å². The first kappa shape index (κ1) is 13.6. The summed E-state index contributed by atoms with van der Waals surface area (Å²) in [7, 11) is 0. The summed E-state index contributed by atoms with van der Waals surface area (Å²) in [4.78, 5) is 0. The molecule has 0 spiro atoms. The van der Waals surface area contributed by atoms with Crippen LogP contribution in [0.4, 0.5) is 10.1 Å². The van der Waals surface area contributed by atoms with Gasteiger partial charge in [-0.25, -0.2) is 9.82 Å². The number of hydrogen-bond acceptors (Lipinski definition) is 2. The van der Waals surface area contributed by atoms with Crippen molar-refractivity contribution in [1.29, 1.82) is 0 Å². The Morgan fingerprint density at radius 2 is 1.65 bits per heavy atom. The van der Waals surface area contributed by atoms with Gasteiger partial charge in [0.15, 0.2) is 0 Å². The molecule has 104 valence electrons. The fraction of sp³-hybridized carbons (Fsp3) is 0.200. The third kappa shape index (κ3) is 2.35. The minimum Gasteiger partial charge on any atom is -0.328 e. The maximum atomic E-state index is 13.0. The van der Waals surface area contributed by atoms with E-state index in [0.29, 0.717) is 0 Å². The first-order valence-electron chi connectivity index (χ1n) is 6.40. The molecule has 1 aliphatic heterocycles. The van der Waals surface area contributed by atoms with Crippen molar-refractivity contribution in [3.63, 3.8) is 0 Å². The summed E-state index contributed by atoms with van der Waals surface area (Å²) < 4.78 is 16.3. The fourth-order valence-electron chi connectivity index (χ4n) is 2.48. The van der Waals surface area contributed by atoms with Crippen LogP contribution in [0.25, 0.3) is 0 Å². The molecule has 0 bridgehead atoms. The van der Waals surface area contributed by atoms with E-state index in [0.717, 1.165) is 9.39 Å². The van der Waals surface area contributed by atoms with Crippen LogP contribution in [0.2, 0.25) is 0 Å². The predicted octanol–water partition coefficient (Wildman–Crippen LogP) is 4.04. The summed E-state index contributed by atoms with van der Waals surface area (Å²) in [6, 6.07) is 10.7. The Labute approximate surface area is 131 Å². The van der Waals surface area contributed by atoms with Gasteiger partial charge in [0.05, 0.1) is 9.39 Å². The zero-order valence-corrected chi connectivity index (χ0v) is 13.4. The number of anilines is 1. The molecule has 0 radical (unpaired) electrons. The van der Waals surface area contributed by atoms with Gasteiger partial charge < -0.3 is 4.57 Å². The van der Waals surface area contributed by atoms with E-state index in [2.05, 4.69) is 64.6 Å². The fourth-order valence-corrected chi connectivity index (χ4v) is 3.23. The van der Waals surface area contributed by atoms with Gasteiger partial charge in [0, 0.05) is 11.4 Å². The number of nitrogens with one attached hydrogen (secondary N) is 1. The molecule has 1 aliphatic rings. The number of halogens is 2. The average molecular weight is 383 g/mol.